The van der Waals surface area contributed by atoms with E-state index in [9.17, 15) is 0 Å². The average Bonchev–Trinajstić information content (AvgIpc) is 0. The van der Waals surface area contributed by atoms with Gasteiger partial charge < -0.3 is 11.0 Å². The third-order valence-corrected chi connectivity index (χ3v) is 0. The monoisotopic (exact) mass is 212 g/mol. The van der Waals surface area contributed by atoms with Crippen LogP contribution in [0.4, 0.5) is 0 Å². The van der Waals surface area contributed by atoms with Gasteiger partial charge in [-0.05, 0) is 0 Å². The second-order valence-electron chi connectivity index (χ2n) is 0. The van der Waals surface area contributed by atoms with Gasteiger partial charge in [0.1, 0.15) is 0 Å². The number of rotatable bonds is 0. The van der Waals surface area contributed by atoms with Crippen LogP contribution in [0.15, 0.2) is 0 Å². The van der Waals surface area contributed by atoms with Gasteiger partial charge in [0.25, 0.3) is 0 Å². The van der Waals surface area contributed by atoms with E-state index in [0.717, 1.165) is 0 Å². The summed E-state index contributed by atoms with van der Waals surface area (Å²) >= 11 is 0. The van der Waals surface area contributed by atoms with Crippen LogP contribution in [0.25, 0.3) is 0 Å². The van der Waals surface area contributed by atoms with Crippen LogP contribution in [0.5, 0.6) is 0 Å². The fourth-order valence-corrected chi connectivity index (χ4v) is 0. The van der Waals surface area contributed by atoms with E-state index < -0.39 is 0 Å². The first-order valence-corrected chi connectivity index (χ1v) is 0. The molecule has 0 aromatic carbocycles. The normalized spacial score (nSPS) is 0. The summed E-state index contributed by atoms with van der Waals surface area (Å²) in [5.41, 5.74) is 0. The molecule has 0 radical (unpaired) electrons. The van der Waals surface area contributed by atoms with Crippen LogP contribution >= 0.6 is 0 Å². The summed E-state index contributed by atoms with van der Waals surface area (Å²) in [6.07, 6.45) is 0. The van der Waals surface area contributed by atoms with Gasteiger partial charge in [-0.25, -0.2) is 0 Å². The van der Waals surface area contributed by atoms with E-state index in [1.807, 2.05) is 0 Å². The first kappa shape index (κ1) is 39.1. The van der Waals surface area contributed by atoms with Gasteiger partial charge in [-0.2, -0.15) is 0 Å². The third-order valence-electron chi connectivity index (χ3n) is 0. The summed E-state index contributed by atoms with van der Waals surface area (Å²) in [5, 5.41) is 0. The second kappa shape index (κ2) is 20.6. The molecule has 0 aliphatic heterocycles. The van der Waals surface area contributed by atoms with Crippen molar-refractivity contribution in [3.63, 3.8) is 0 Å². The van der Waals surface area contributed by atoms with E-state index >= 15 is 0 Å². The zero-order valence-corrected chi connectivity index (χ0v) is 7.23. The van der Waals surface area contributed by atoms with Gasteiger partial charge in [0.15, 0.2) is 0 Å². The predicted octanol–water partition coefficient (Wildman–Crippen LogP) is -0.301. The van der Waals surface area contributed by atoms with Crippen LogP contribution in [0.3, 0.4) is 0 Å². The van der Waals surface area contributed by atoms with E-state index in [1.54, 1.807) is 0 Å². The number of hydrogen-bond acceptors (Lipinski definition) is 1. The Hall–Kier alpha value is 1.91. The molecule has 0 aromatic heterocycles. The summed E-state index contributed by atoms with van der Waals surface area (Å²) in [4.78, 5) is 0. The molecule has 0 aliphatic carbocycles. The summed E-state index contributed by atoms with van der Waals surface area (Å²) in [7, 11) is 0. The largest absolute Gasteiger partial charge is 4.00 e. The second-order valence-corrected chi connectivity index (χ2v) is 0. The van der Waals surface area contributed by atoms with E-state index in [1.165, 1.54) is 0 Å². The van der Waals surface area contributed by atoms with Crippen LogP contribution in [-0.2, 0) is 64.4 Å². The molecule has 0 saturated carbocycles. The summed E-state index contributed by atoms with van der Waals surface area (Å²) < 4.78 is 0. The van der Waals surface area contributed by atoms with Crippen molar-refractivity contribution in [3.05, 3.63) is 0 Å². The standard InChI is InChI=1S/H2O.O.Y.Zr/h1H2;;;/q;-2;+3;+4/p-1. The zero-order chi connectivity index (χ0) is 0. The molecule has 0 heterocycles. The zero-order valence-electron chi connectivity index (χ0n) is 1.93. The molecule has 0 atom stereocenters. The summed E-state index contributed by atoms with van der Waals surface area (Å²) in [6.45, 7) is 0. The minimum absolute atomic E-state index is 0. The van der Waals surface area contributed by atoms with Gasteiger partial charge in [0, 0.05) is 0 Å². The van der Waals surface area contributed by atoms with Crippen molar-refractivity contribution in [2.24, 2.45) is 0 Å². The van der Waals surface area contributed by atoms with Crippen molar-refractivity contribution >= 4 is 0 Å². The molecule has 0 fully saturated rings. The molecular weight excluding hydrogens is 212 g/mol. The van der Waals surface area contributed by atoms with Gasteiger partial charge in [-0.1, -0.05) is 0 Å². The molecule has 1 N–H and O–H groups in total. The molecule has 0 rings (SSSR count). The molecule has 0 bridgehead atoms. The molecule has 0 amide bonds. The van der Waals surface area contributed by atoms with Crippen LogP contribution in [0.1, 0.15) is 0 Å². The Morgan fingerprint density at radius 2 is 1.00 bits per heavy atom. The molecule has 16 valence electrons. The Labute approximate surface area is 69.0 Å². The van der Waals surface area contributed by atoms with Crippen LogP contribution in [0, 0.1) is 0 Å². The Balaban J connectivity index is 0. The summed E-state index contributed by atoms with van der Waals surface area (Å²) in [5.74, 6) is 0. The number of hydrogen-bond donors (Lipinski definition) is 0. The van der Waals surface area contributed by atoms with Crippen molar-refractivity contribution in [2.45, 2.75) is 0 Å². The van der Waals surface area contributed by atoms with E-state index in [-0.39, 0.29) is 69.9 Å². The Bertz CT molecular complexity index is 6.00. The Kier molecular flexibility index (Phi) is 201. The topological polar surface area (TPSA) is 58.5 Å². The molecule has 0 aliphatic rings. The van der Waals surface area contributed by atoms with Gasteiger partial charge in [0.05, 0.1) is 0 Å². The van der Waals surface area contributed by atoms with Crippen molar-refractivity contribution in [1.29, 1.82) is 0 Å². The fraction of sp³-hybridized carbons (Fsp3) is 0. The maximum absolute atomic E-state index is 0. The first-order valence-electron chi connectivity index (χ1n) is 0. The molecule has 0 spiro atoms. The van der Waals surface area contributed by atoms with Gasteiger partial charge in [-0.3, -0.25) is 0 Å². The van der Waals surface area contributed by atoms with Gasteiger partial charge >= 0.3 is 58.9 Å². The molecule has 4 heteroatoms. The molecule has 4 heavy (non-hydrogen) atoms. The van der Waals surface area contributed by atoms with Crippen molar-refractivity contribution in [1.82, 2.24) is 0 Å². The quantitative estimate of drug-likeness (QED) is 0.545. The van der Waals surface area contributed by atoms with Crippen LogP contribution < -0.4 is 0 Å². The molecular formula is HO2YZr+4. The van der Waals surface area contributed by atoms with E-state index in [4.69, 9.17) is 0 Å². The average molecular weight is 213 g/mol. The maximum atomic E-state index is 0. The maximum Gasteiger partial charge on any atom is 4.00 e. The SMILES string of the molecule is [O-2].[OH-].[Y+3].[Zr+4]. The first-order chi connectivity index (χ1) is 0. The predicted molar refractivity (Wildman–Crippen MR) is 2.62 cm³/mol. The molecule has 2 nitrogen and oxygen atoms in total. The van der Waals surface area contributed by atoms with Gasteiger partial charge in [0.2, 0.25) is 0 Å². The minimum Gasteiger partial charge on any atom is -2.00 e. The van der Waals surface area contributed by atoms with Crippen molar-refractivity contribution < 1.29 is 69.9 Å². The van der Waals surface area contributed by atoms with Crippen molar-refractivity contribution in [2.75, 3.05) is 0 Å². The van der Waals surface area contributed by atoms with Crippen LogP contribution in [0.2, 0.25) is 0 Å². The van der Waals surface area contributed by atoms with Crippen LogP contribution in [-0.4, -0.2) is 5.48 Å². The van der Waals surface area contributed by atoms with E-state index in [2.05, 4.69) is 0 Å². The Morgan fingerprint density at radius 1 is 1.00 bits per heavy atom. The minimum atomic E-state index is 0. The summed E-state index contributed by atoms with van der Waals surface area (Å²) in [6, 6.07) is 0. The van der Waals surface area contributed by atoms with Crippen molar-refractivity contribution in [3.8, 4) is 0 Å². The smallest absolute Gasteiger partial charge is 2.00 e. The van der Waals surface area contributed by atoms with E-state index in [0.29, 0.717) is 0 Å². The van der Waals surface area contributed by atoms with Gasteiger partial charge in [-0.15, -0.1) is 0 Å². The molecule has 0 aromatic rings. The Morgan fingerprint density at radius 3 is 1.00 bits per heavy atom. The molecule has 0 saturated heterocycles. The third kappa shape index (κ3) is 9.08. The molecule has 0 unspecified atom stereocenters. The fourth-order valence-electron chi connectivity index (χ4n) is 0.